The van der Waals surface area contributed by atoms with Crippen LogP contribution in [-0.4, -0.2) is 90.1 Å². The van der Waals surface area contributed by atoms with Crippen LogP contribution in [0.25, 0.3) is 0 Å². The molecule has 1 aromatic carbocycles. The third kappa shape index (κ3) is 11.0. The van der Waals surface area contributed by atoms with E-state index in [0.717, 1.165) is 0 Å². The van der Waals surface area contributed by atoms with Gasteiger partial charge in [-0.1, -0.05) is 30.3 Å². The van der Waals surface area contributed by atoms with Crippen LogP contribution in [0.1, 0.15) is 31.2 Å². The Morgan fingerprint density at radius 1 is 0.974 bits per heavy atom. The maximum atomic E-state index is 13.1. The lowest BCUT2D eigenvalue weighted by Gasteiger charge is -2.24. The van der Waals surface area contributed by atoms with Crippen molar-refractivity contribution in [2.45, 2.75) is 56.5 Å². The quantitative estimate of drug-likeness (QED) is 0.102. The molecule has 0 bridgehead atoms. The number of hydrogen-bond acceptors (Lipinski definition) is 9. The molecule has 3 amide bonds. The van der Waals surface area contributed by atoms with Gasteiger partial charge in [-0.25, -0.2) is 4.79 Å². The smallest absolute Gasteiger partial charge is 0.326 e. The molecular formula is C24H35N7O7. The van der Waals surface area contributed by atoms with E-state index >= 15 is 0 Å². The van der Waals surface area contributed by atoms with Crippen LogP contribution in [0.15, 0.2) is 35.3 Å². The number of nitrogens with zero attached hydrogens (tertiary/aromatic N) is 1. The molecule has 4 atom stereocenters. The third-order valence-electron chi connectivity index (χ3n) is 5.62. The van der Waals surface area contributed by atoms with Gasteiger partial charge in [-0.05, 0) is 31.4 Å². The van der Waals surface area contributed by atoms with Crippen molar-refractivity contribution in [3.8, 4) is 0 Å². The molecule has 0 saturated carbocycles. The molecule has 0 aromatic heterocycles. The van der Waals surface area contributed by atoms with E-state index in [1.54, 1.807) is 36.5 Å². The molecule has 0 radical (unpaired) electrons. The van der Waals surface area contributed by atoms with Crippen molar-refractivity contribution in [2.75, 3.05) is 19.6 Å². The summed E-state index contributed by atoms with van der Waals surface area (Å²) in [4.78, 5) is 65.6. The standard InChI is InChI=1S/C24H35N7O7/c25-9-5-4-8-16(23(37)38)30-21(35)17(12-15-6-2-1-3-7-15)31-22(36)18(13-20(33)34)29-19(32)14-28-24-26-10-11-27-24/h1-3,6-7,10,16-18,24,27-28H,4-5,8-9,11-14,25H2,(H,29,32)(H,30,35)(H,31,36)(H,33,34)(H,37,38)/t16-,17+,18-,24?/m0/s1. The van der Waals surface area contributed by atoms with E-state index in [9.17, 15) is 34.2 Å². The number of amides is 3. The first-order valence-corrected chi connectivity index (χ1v) is 12.3. The van der Waals surface area contributed by atoms with Gasteiger partial charge in [0.2, 0.25) is 17.7 Å². The Hall–Kier alpha value is -3.88. The van der Waals surface area contributed by atoms with Crippen molar-refractivity contribution in [2.24, 2.45) is 10.7 Å². The van der Waals surface area contributed by atoms with Gasteiger partial charge in [0, 0.05) is 19.2 Å². The van der Waals surface area contributed by atoms with Crippen LogP contribution in [0.5, 0.6) is 0 Å². The molecule has 0 aliphatic carbocycles. The van der Waals surface area contributed by atoms with E-state index < -0.39 is 60.5 Å². The lowest BCUT2D eigenvalue weighted by atomic mass is 10.0. The van der Waals surface area contributed by atoms with Crippen molar-refractivity contribution in [3.05, 3.63) is 35.9 Å². The second-order valence-corrected chi connectivity index (χ2v) is 8.68. The second-order valence-electron chi connectivity index (χ2n) is 8.68. The number of aliphatic imine (C=N–C) groups is 1. The first-order valence-electron chi connectivity index (χ1n) is 12.3. The number of carboxylic acid groups (broad SMARTS) is 2. The summed E-state index contributed by atoms with van der Waals surface area (Å²) < 4.78 is 0. The molecule has 38 heavy (non-hydrogen) atoms. The van der Waals surface area contributed by atoms with Gasteiger partial charge in [0.15, 0.2) is 6.29 Å². The molecule has 1 unspecified atom stereocenters. The van der Waals surface area contributed by atoms with E-state index in [1.807, 2.05) is 0 Å². The van der Waals surface area contributed by atoms with Crippen molar-refractivity contribution >= 4 is 35.9 Å². The molecule has 14 heteroatoms. The van der Waals surface area contributed by atoms with Crippen LogP contribution in [-0.2, 0) is 30.4 Å². The van der Waals surface area contributed by atoms with Crippen molar-refractivity contribution in [1.29, 1.82) is 0 Å². The number of carboxylic acids is 2. The highest BCUT2D eigenvalue weighted by atomic mass is 16.4. The van der Waals surface area contributed by atoms with Gasteiger partial charge in [-0.2, -0.15) is 0 Å². The number of benzene rings is 1. The minimum atomic E-state index is -1.48. The van der Waals surface area contributed by atoms with Gasteiger partial charge >= 0.3 is 11.9 Å². The van der Waals surface area contributed by atoms with E-state index in [4.69, 9.17) is 5.73 Å². The normalized spacial score (nSPS) is 16.7. The molecule has 1 heterocycles. The maximum Gasteiger partial charge on any atom is 0.326 e. The number of nitrogens with one attached hydrogen (secondary N) is 5. The van der Waals surface area contributed by atoms with Gasteiger partial charge in [0.25, 0.3) is 0 Å². The molecule has 1 aliphatic rings. The fourth-order valence-corrected chi connectivity index (χ4v) is 3.67. The summed E-state index contributed by atoms with van der Waals surface area (Å²) in [5, 5.41) is 31.8. The molecule has 1 aliphatic heterocycles. The van der Waals surface area contributed by atoms with Gasteiger partial charge in [-0.15, -0.1) is 0 Å². The number of unbranched alkanes of at least 4 members (excludes halogenated alkanes) is 1. The molecule has 208 valence electrons. The summed E-state index contributed by atoms with van der Waals surface area (Å²) in [6, 6.07) is 4.79. The summed E-state index contributed by atoms with van der Waals surface area (Å²) in [6.45, 7) is 0.670. The average molecular weight is 534 g/mol. The average Bonchev–Trinajstić information content (AvgIpc) is 3.40. The number of carbonyl (C=O) groups is 5. The van der Waals surface area contributed by atoms with E-state index in [2.05, 4.69) is 31.6 Å². The van der Waals surface area contributed by atoms with Crippen LogP contribution >= 0.6 is 0 Å². The molecule has 0 fully saturated rings. The first-order chi connectivity index (χ1) is 18.2. The number of carbonyl (C=O) groups excluding carboxylic acids is 3. The third-order valence-corrected chi connectivity index (χ3v) is 5.62. The predicted octanol–water partition coefficient (Wildman–Crippen LogP) is -2.08. The van der Waals surface area contributed by atoms with E-state index in [0.29, 0.717) is 31.5 Å². The zero-order chi connectivity index (χ0) is 27.9. The summed E-state index contributed by atoms with van der Waals surface area (Å²) in [5.41, 5.74) is 6.14. The first kappa shape index (κ1) is 30.3. The number of rotatable bonds is 17. The lowest BCUT2D eigenvalue weighted by molar-refractivity contribution is -0.143. The topological polar surface area (TPSA) is 224 Å². The van der Waals surface area contributed by atoms with Crippen LogP contribution in [0, 0.1) is 0 Å². The second kappa shape index (κ2) is 16.1. The Morgan fingerprint density at radius 3 is 2.26 bits per heavy atom. The summed E-state index contributed by atoms with van der Waals surface area (Å²) >= 11 is 0. The van der Waals surface area contributed by atoms with Crippen LogP contribution in [0.3, 0.4) is 0 Å². The monoisotopic (exact) mass is 533 g/mol. The minimum absolute atomic E-state index is 0.00813. The van der Waals surface area contributed by atoms with Crippen LogP contribution in [0.4, 0.5) is 0 Å². The molecule has 0 spiro atoms. The Morgan fingerprint density at radius 2 is 1.66 bits per heavy atom. The van der Waals surface area contributed by atoms with Crippen molar-refractivity contribution < 1.29 is 34.2 Å². The van der Waals surface area contributed by atoms with Gasteiger partial charge in [0.05, 0.1) is 13.0 Å². The summed E-state index contributed by atoms with van der Waals surface area (Å²) in [6.07, 6.45) is 1.64. The molecule has 0 saturated heterocycles. The van der Waals surface area contributed by atoms with Crippen molar-refractivity contribution in [3.63, 3.8) is 0 Å². The van der Waals surface area contributed by atoms with E-state index in [-0.39, 0.29) is 19.4 Å². The molecule has 9 N–H and O–H groups in total. The Labute approximate surface area is 219 Å². The fourth-order valence-electron chi connectivity index (χ4n) is 3.67. The number of hydrogen-bond donors (Lipinski definition) is 8. The van der Waals surface area contributed by atoms with Crippen LogP contribution in [0.2, 0.25) is 0 Å². The Bertz CT molecular complexity index is 990. The Balaban J connectivity index is 2.12. The number of nitrogens with two attached hydrogens (primary N) is 1. The molecule has 14 nitrogen and oxygen atoms in total. The fraction of sp³-hybridized carbons (Fsp3) is 0.500. The maximum absolute atomic E-state index is 13.1. The molecule has 1 aromatic rings. The SMILES string of the molecule is NCCCC[C@H](NC(=O)[C@@H](Cc1ccccc1)NC(=O)[C@H](CC(=O)O)NC(=O)CNC1N=CCN1)C(=O)O. The highest BCUT2D eigenvalue weighted by Gasteiger charge is 2.30. The minimum Gasteiger partial charge on any atom is -0.481 e. The number of aliphatic carboxylic acids is 2. The largest absolute Gasteiger partial charge is 0.481 e. The molecular weight excluding hydrogens is 498 g/mol. The van der Waals surface area contributed by atoms with Gasteiger partial charge in [-0.3, -0.25) is 34.8 Å². The van der Waals surface area contributed by atoms with Gasteiger partial charge in [0.1, 0.15) is 18.1 Å². The summed E-state index contributed by atoms with van der Waals surface area (Å²) in [7, 11) is 0. The lowest BCUT2D eigenvalue weighted by Crippen LogP contribution is -2.57. The predicted molar refractivity (Wildman–Crippen MR) is 137 cm³/mol. The highest BCUT2D eigenvalue weighted by molar-refractivity contribution is 5.95. The van der Waals surface area contributed by atoms with E-state index in [1.165, 1.54) is 0 Å². The molecule has 2 rings (SSSR count). The van der Waals surface area contributed by atoms with Gasteiger partial charge < -0.3 is 31.9 Å². The zero-order valence-electron chi connectivity index (χ0n) is 20.9. The van der Waals surface area contributed by atoms with Crippen molar-refractivity contribution in [1.82, 2.24) is 26.6 Å². The summed E-state index contributed by atoms with van der Waals surface area (Å²) in [5.74, 6) is -4.87. The van der Waals surface area contributed by atoms with Crippen LogP contribution < -0.4 is 32.3 Å². The highest BCUT2D eigenvalue weighted by Crippen LogP contribution is 2.07. The Kier molecular flexibility index (Phi) is 12.8. The zero-order valence-corrected chi connectivity index (χ0v) is 20.9.